The number of hydrogen-bond acceptors (Lipinski definition) is 3. The van der Waals surface area contributed by atoms with Crippen LogP contribution in [0.2, 0.25) is 5.02 Å². The molecule has 0 aromatic heterocycles. The van der Waals surface area contributed by atoms with Crippen molar-refractivity contribution < 1.29 is 4.79 Å². The van der Waals surface area contributed by atoms with Crippen molar-refractivity contribution >= 4 is 23.2 Å². The first kappa shape index (κ1) is 14.3. The number of hydrogen-bond donors (Lipinski definition) is 2. The average Bonchev–Trinajstić information content (AvgIpc) is 2.75. The Labute approximate surface area is 119 Å². The lowest BCUT2D eigenvalue weighted by atomic mass is 10.1. The molecule has 19 heavy (non-hydrogen) atoms. The third kappa shape index (κ3) is 4.82. The van der Waals surface area contributed by atoms with Gasteiger partial charge in [0.1, 0.15) is 0 Å². The number of carbonyl (C=O) groups excluding carboxylic acids is 1. The minimum absolute atomic E-state index is 0.0337. The molecule has 104 valence electrons. The summed E-state index contributed by atoms with van der Waals surface area (Å²) in [5, 5.41) is 6.66. The van der Waals surface area contributed by atoms with E-state index in [2.05, 4.69) is 22.6 Å². The van der Waals surface area contributed by atoms with Gasteiger partial charge in [-0.3, -0.25) is 4.79 Å². The standard InChI is InChI=1S/C14H20ClN3O/c1-18-6-5-11(10-18)8-16-9-14(19)17-13-4-2-3-12(15)7-13/h2-4,7,11,16H,5-6,8-10H2,1H3,(H,17,19). The van der Waals surface area contributed by atoms with Crippen LogP contribution >= 0.6 is 11.6 Å². The van der Waals surface area contributed by atoms with Gasteiger partial charge in [-0.05, 0) is 50.7 Å². The third-order valence-corrected chi connectivity index (χ3v) is 3.55. The lowest BCUT2D eigenvalue weighted by molar-refractivity contribution is -0.115. The van der Waals surface area contributed by atoms with Crippen LogP contribution < -0.4 is 10.6 Å². The molecule has 0 bridgehead atoms. The van der Waals surface area contributed by atoms with Gasteiger partial charge in [0.25, 0.3) is 0 Å². The van der Waals surface area contributed by atoms with Crippen molar-refractivity contribution in [2.45, 2.75) is 6.42 Å². The molecule has 0 saturated carbocycles. The Morgan fingerprint density at radius 2 is 2.37 bits per heavy atom. The first-order valence-electron chi connectivity index (χ1n) is 6.58. The molecule has 2 N–H and O–H groups in total. The number of likely N-dealkylation sites (tertiary alicyclic amines) is 1. The fourth-order valence-electron chi connectivity index (χ4n) is 2.35. The molecule has 1 heterocycles. The van der Waals surface area contributed by atoms with E-state index in [4.69, 9.17) is 11.6 Å². The second-order valence-electron chi connectivity index (χ2n) is 5.11. The number of anilines is 1. The second-order valence-corrected chi connectivity index (χ2v) is 5.54. The Hall–Kier alpha value is -1.10. The lowest BCUT2D eigenvalue weighted by Crippen LogP contribution is -2.32. The number of halogens is 1. The van der Waals surface area contributed by atoms with Gasteiger partial charge in [0.05, 0.1) is 6.54 Å². The van der Waals surface area contributed by atoms with Crippen LogP contribution in [0.5, 0.6) is 0 Å². The van der Waals surface area contributed by atoms with Crippen molar-refractivity contribution in [1.82, 2.24) is 10.2 Å². The SMILES string of the molecule is CN1CCC(CNCC(=O)Nc2cccc(Cl)c2)C1. The van der Waals surface area contributed by atoms with Gasteiger partial charge in [-0.15, -0.1) is 0 Å². The van der Waals surface area contributed by atoms with E-state index in [1.807, 2.05) is 12.1 Å². The minimum Gasteiger partial charge on any atom is -0.325 e. The normalized spacial score (nSPS) is 19.6. The van der Waals surface area contributed by atoms with E-state index in [1.54, 1.807) is 12.1 Å². The molecule has 1 atom stereocenters. The van der Waals surface area contributed by atoms with Crippen LogP contribution in [-0.4, -0.2) is 44.0 Å². The van der Waals surface area contributed by atoms with Crippen molar-refractivity contribution in [3.8, 4) is 0 Å². The summed E-state index contributed by atoms with van der Waals surface area (Å²) in [6.45, 7) is 3.50. The molecule has 1 unspecified atom stereocenters. The van der Waals surface area contributed by atoms with Gasteiger partial charge in [-0.25, -0.2) is 0 Å². The molecule has 1 fully saturated rings. The van der Waals surface area contributed by atoms with E-state index < -0.39 is 0 Å². The largest absolute Gasteiger partial charge is 0.325 e. The van der Waals surface area contributed by atoms with E-state index >= 15 is 0 Å². The van der Waals surface area contributed by atoms with Crippen LogP contribution in [0.15, 0.2) is 24.3 Å². The van der Waals surface area contributed by atoms with Gasteiger partial charge >= 0.3 is 0 Å². The van der Waals surface area contributed by atoms with E-state index in [9.17, 15) is 4.79 Å². The molecule has 4 nitrogen and oxygen atoms in total. The summed E-state index contributed by atoms with van der Waals surface area (Å²) in [6.07, 6.45) is 1.21. The first-order chi connectivity index (χ1) is 9.13. The van der Waals surface area contributed by atoms with Crippen LogP contribution in [-0.2, 0) is 4.79 Å². The smallest absolute Gasteiger partial charge is 0.238 e. The maximum Gasteiger partial charge on any atom is 0.238 e. The van der Waals surface area contributed by atoms with Crippen LogP contribution in [0.4, 0.5) is 5.69 Å². The van der Waals surface area contributed by atoms with Crippen LogP contribution in [0.3, 0.4) is 0 Å². The molecule has 1 aromatic carbocycles. The summed E-state index contributed by atoms with van der Waals surface area (Å²) in [6, 6.07) is 7.17. The fourth-order valence-corrected chi connectivity index (χ4v) is 2.54. The van der Waals surface area contributed by atoms with Gasteiger partial charge in [0, 0.05) is 17.3 Å². The molecule has 2 rings (SSSR count). The Morgan fingerprint density at radius 1 is 1.53 bits per heavy atom. The zero-order valence-corrected chi connectivity index (χ0v) is 11.9. The van der Waals surface area contributed by atoms with Gasteiger partial charge in [0.15, 0.2) is 0 Å². The highest BCUT2D eigenvalue weighted by molar-refractivity contribution is 6.30. The monoisotopic (exact) mass is 281 g/mol. The molecule has 1 aromatic rings. The Bertz CT molecular complexity index is 438. The third-order valence-electron chi connectivity index (χ3n) is 3.32. The number of carbonyl (C=O) groups is 1. The molecule has 1 aliphatic heterocycles. The number of amides is 1. The zero-order valence-electron chi connectivity index (χ0n) is 11.2. The van der Waals surface area contributed by atoms with Gasteiger partial charge in [-0.1, -0.05) is 17.7 Å². The summed E-state index contributed by atoms with van der Waals surface area (Å²) in [4.78, 5) is 14.1. The molecule has 0 aliphatic carbocycles. The molecular weight excluding hydrogens is 262 g/mol. The van der Waals surface area contributed by atoms with Crippen molar-refractivity contribution in [2.75, 3.05) is 38.5 Å². The molecule has 1 saturated heterocycles. The zero-order chi connectivity index (χ0) is 13.7. The highest BCUT2D eigenvalue weighted by Gasteiger charge is 2.18. The average molecular weight is 282 g/mol. The van der Waals surface area contributed by atoms with Crippen molar-refractivity contribution in [1.29, 1.82) is 0 Å². The molecule has 0 radical (unpaired) electrons. The Kier molecular flexibility index (Phi) is 5.19. The summed E-state index contributed by atoms with van der Waals surface area (Å²) >= 11 is 5.86. The quantitative estimate of drug-likeness (QED) is 0.865. The van der Waals surface area contributed by atoms with Gasteiger partial charge in [-0.2, -0.15) is 0 Å². The van der Waals surface area contributed by atoms with E-state index in [0.29, 0.717) is 17.5 Å². The maximum absolute atomic E-state index is 11.7. The van der Waals surface area contributed by atoms with Gasteiger partial charge in [0.2, 0.25) is 5.91 Å². The highest BCUT2D eigenvalue weighted by atomic mass is 35.5. The van der Waals surface area contributed by atoms with Crippen LogP contribution in [0.25, 0.3) is 0 Å². The molecular formula is C14H20ClN3O. The second kappa shape index (κ2) is 6.89. The number of nitrogens with one attached hydrogen (secondary N) is 2. The Morgan fingerprint density at radius 3 is 3.05 bits per heavy atom. The van der Waals surface area contributed by atoms with Gasteiger partial charge < -0.3 is 15.5 Å². The summed E-state index contributed by atoms with van der Waals surface area (Å²) in [5.41, 5.74) is 0.736. The molecule has 1 aliphatic rings. The molecule has 0 spiro atoms. The van der Waals surface area contributed by atoms with E-state index in [1.165, 1.54) is 6.42 Å². The summed E-state index contributed by atoms with van der Waals surface area (Å²) in [5.74, 6) is 0.623. The number of benzene rings is 1. The van der Waals surface area contributed by atoms with Crippen molar-refractivity contribution in [3.05, 3.63) is 29.3 Å². The Balaban J connectivity index is 1.67. The van der Waals surface area contributed by atoms with Crippen LogP contribution in [0.1, 0.15) is 6.42 Å². The molecule has 5 heteroatoms. The summed E-state index contributed by atoms with van der Waals surface area (Å²) in [7, 11) is 2.13. The number of rotatable bonds is 5. The van der Waals surface area contributed by atoms with Crippen molar-refractivity contribution in [2.24, 2.45) is 5.92 Å². The maximum atomic E-state index is 11.7. The topological polar surface area (TPSA) is 44.4 Å². The predicted octanol–water partition coefficient (Wildman–Crippen LogP) is 1.82. The highest BCUT2D eigenvalue weighted by Crippen LogP contribution is 2.15. The molecule has 1 amide bonds. The van der Waals surface area contributed by atoms with E-state index in [-0.39, 0.29) is 5.91 Å². The number of nitrogens with zero attached hydrogens (tertiary/aromatic N) is 1. The minimum atomic E-state index is -0.0337. The van der Waals surface area contributed by atoms with E-state index in [0.717, 1.165) is 25.3 Å². The van der Waals surface area contributed by atoms with Crippen molar-refractivity contribution in [3.63, 3.8) is 0 Å². The first-order valence-corrected chi connectivity index (χ1v) is 6.96. The fraction of sp³-hybridized carbons (Fsp3) is 0.500. The predicted molar refractivity (Wildman–Crippen MR) is 78.6 cm³/mol. The summed E-state index contributed by atoms with van der Waals surface area (Å²) < 4.78 is 0. The lowest BCUT2D eigenvalue weighted by Gasteiger charge is -2.11. The van der Waals surface area contributed by atoms with Crippen LogP contribution in [0, 0.1) is 5.92 Å².